The van der Waals surface area contributed by atoms with Crippen LogP contribution >= 0.6 is 0 Å². The first-order valence-corrected chi connectivity index (χ1v) is 6.87. The molecule has 0 spiro atoms. The molecule has 0 bridgehead atoms. The molecule has 4 N–H and O–H groups in total. The molecule has 1 heterocycles. The van der Waals surface area contributed by atoms with Crippen molar-refractivity contribution in [2.45, 2.75) is 13.5 Å². The lowest BCUT2D eigenvalue weighted by atomic mass is 10.1. The summed E-state index contributed by atoms with van der Waals surface area (Å²) in [5, 5.41) is 4.31. The van der Waals surface area contributed by atoms with Gasteiger partial charge in [-0.3, -0.25) is 9.48 Å². The average molecular weight is 287 g/mol. The topological polar surface area (TPSA) is 90.2 Å². The lowest BCUT2D eigenvalue weighted by Crippen LogP contribution is -2.32. The minimum absolute atomic E-state index is 0.460. The van der Waals surface area contributed by atoms with E-state index in [1.54, 1.807) is 11.6 Å². The molecule has 0 aliphatic rings. The number of hydrogen-bond donors (Lipinski definition) is 2. The van der Waals surface area contributed by atoms with E-state index >= 15 is 0 Å². The number of rotatable bonds is 6. The first-order chi connectivity index (χ1) is 10.0. The molecule has 6 nitrogen and oxygen atoms in total. The van der Waals surface area contributed by atoms with Gasteiger partial charge in [-0.1, -0.05) is 30.3 Å². The van der Waals surface area contributed by atoms with Crippen LogP contribution in [0.1, 0.15) is 21.6 Å². The number of carbonyl (C=O) groups excluding carboxylic acids is 1. The molecule has 2 aromatic rings. The number of benzene rings is 1. The second kappa shape index (κ2) is 6.41. The molecular weight excluding hydrogens is 266 g/mol. The monoisotopic (exact) mass is 287 g/mol. The minimum atomic E-state index is -0.467. The van der Waals surface area contributed by atoms with E-state index in [9.17, 15) is 4.79 Å². The number of nitrogens with two attached hydrogens (primary N) is 2. The van der Waals surface area contributed by atoms with Crippen LogP contribution in [0.15, 0.2) is 30.3 Å². The van der Waals surface area contributed by atoms with Gasteiger partial charge in [-0.05, 0) is 12.5 Å². The van der Waals surface area contributed by atoms with Crippen LogP contribution in [-0.2, 0) is 13.6 Å². The van der Waals surface area contributed by atoms with Gasteiger partial charge in [-0.25, -0.2) is 0 Å². The van der Waals surface area contributed by atoms with Crippen molar-refractivity contribution < 1.29 is 4.79 Å². The summed E-state index contributed by atoms with van der Waals surface area (Å²) in [5.41, 5.74) is 13.5. The quantitative estimate of drug-likeness (QED) is 0.822. The molecule has 0 radical (unpaired) electrons. The van der Waals surface area contributed by atoms with E-state index in [0.29, 0.717) is 36.7 Å². The van der Waals surface area contributed by atoms with Crippen molar-refractivity contribution in [3.8, 4) is 0 Å². The van der Waals surface area contributed by atoms with E-state index < -0.39 is 5.91 Å². The van der Waals surface area contributed by atoms with Crippen LogP contribution in [-0.4, -0.2) is 28.8 Å². The van der Waals surface area contributed by atoms with Crippen molar-refractivity contribution in [1.82, 2.24) is 9.78 Å². The van der Waals surface area contributed by atoms with Gasteiger partial charge in [-0.15, -0.1) is 0 Å². The third-order valence-electron chi connectivity index (χ3n) is 3.35. The van der Waals surface area contributed by atoms with Gasteiger partial charge in [0.25, 0.3) is 5.91 Å². The summed E-state index contributed by atoms with van der Waals surface area (Å²) < 4.78 is 1.69. The smallest absolute Gasteiger partial charge is 0.254 e. The molecule has 0 aliphatic carbocycles. The van der Waals surface area contributed by atoms with Gasteiger partial charge in [0, 0.05) is 26.7 Å². The van der Waals surface area contributed by atoms with Gasteiger partial charge in [0.05, 0.1) is 5.69 Å². The van der Waals surface area contributed by atoms with E-state index in [4.69, 9.17) is 11.5 Å². The van der Waals surface area contributed by atoms with Crippen LogP contribution in [0, 0.1) is 6.92 Å². The summed E-state index contributed by atoms with van der Waals surface area (Å²) in [7, 11) is 1.81. The highest BCUT2D eigenvalue weighted by molar-refractivity contribution is 5.99. The molecule has 0 atom stereocenters. The predicted molar refractivity (Wildman–Crippen MR) is 83.0 cm³/mol. The van der Waals surface area contributed by atoms with Gasteiger partial charge in [0.1, 0.15) is 11.4 Å². The molecule has 112 valence electrons. The molecule has 1 aromatic heterocycles. The van der Waals surface area contributed by atoms with Crippen LogP contribution in [0.3, 0.4) is 0 Å². The molecule has 0 unspecified atom stereocenters. The molecule has 1 aromatic carbocycles. The van der Waals surface area contributed by atoms with Crippen molar-refractivity contribution in [2.75, 3.05) is 18.0 Å². The highest BCUT2D eigenvalue weighted by Gasteiger charge is 2.22. The van der Waals surface area contributed by atoms with Gasteiger partial charge in [0.15, 0.2) is 0 Å². The Balaban J connectivity index is 2.41. The van der Waals surface area contributed by atoms with Crippen molar-refractivity contribution in [1.29, 1.82) is 0 Å². The molecule has 21 heavy (non-hydrogen) atoms. The van der Waals surface area contributed by atoms with Crippen molar-refractivity contribution in [3.63, 3.8) is 0 Å². The highest BCUT2D eigenvalue weighted by atomic mass is 16.1. The van der Waals surface area contributed by atoms with E-state index in [1.165, 1.54) is 0 Å². The number of carbonyl (C=O) groups is 1. The van der Waals surface area contributed by atoms with Crippen LogP contribution in [0.25, 0.3) is 0 Å². The Labute approximate surface area is 124 Å². The summed E-state index contributed by atoms with van der Waals surface area (Å²) in [5.74, 6) is 0.250. The van der Waals surface area contributed by atoms with E-state index in [2.05, 4.69) is 5.10 Å². The van der Waals surface area contributed by atoms with Crippen molar-refractivity contribution in [2.24, 2.45) is 18.5 Å². The number of aromatic nitrogens is 2. The Bertz CT molecular complexity index is 620. The number of primary amides is 1. The Hall–Kier alpha value is -2.34. The molecule has 2 rings (SSSR count). The van der Waals surface area contributed by atoms with Gasteiger partial charge in [-0.2, -0.15) is 5.10 Å². The van der Waals surface area contributed by atoms with Crippen LogP contribution in [0.4, 0.5) is 5.82 Å². The zero-order valence-electron chi connectivity index (χ0n) is 12.4. The zero-order chi connectivity index (χ0) is 15.4. The standard InChI is InChI=1S/C15H21N5O/c1-11-13(14(17)21)15(19(2)18-11)20(9-8-16)10-12-6-4-3-5-7-12/h3-7H,8-10,16H2,1-2H3,(H2,17,21). The molecule has 0 fully saturated rings. The molecular formula is C15H21N5O. The Kier molecular flexibility index (Phi) is 4.59. The van der Waals surface area contributed by atoms with E-state index in [1.807, 2.05) is 42.3 Å². The first-order valence-electron chi connectivity index (χ1n) is 6.87. The summed E-state index contributed by atoms with van der Waals surface area (Å²) in [6, 6.07) is 10.0. The summed E-state index contributed by atoms with van der Waals surface area (Å²) >= 11 is 0. The summed E-state index contributed by atoms with van der Waals surface area (Å²) in [4.78, 5) is 13.8. The molecule has 6 heteroatoms. The fraction of sp³-hybridized carbons (Fsp3) is 0.333. The SMILES string of the molecule is Cc1nn(C)c(N(CCN)Cc2ccccc2)c1C(N)=O. The normalized spacial score (nSPS) is 10.6. The highest BCUT2D eigenvalue weighted by Crippen LogP contribution is 2.24. The lowest BCUT2D eigenvalue weighted by Gasteiger charge is -2.25. The largest absolute Gasteiger partial charge is 0.365 e. The zero-order valence-corrected chi connectivity index (χ0v) is 12.4. The average Bonchev–Trinajstić information content (AvgIpc) is 2.74. The van der Waals surface area contributed by atoms with Crippen LogP contribution < -0.4 is 16.4 Å². The second-order valence-electron chi connectivity index (χ2n) is 4.97. The van der Waals surface area contributed by atoms with Crippen LogP contribution in [0.5, 0.6) is 0 Å². The lowest BCUT2D eigenvalue weighted by molar-refractivity contribution is 0.1000. The summed E-state index contributed by atoms with van der Waals surface area (Å²) in [6.45, 7) is 3.54. The maximum atomic E-state index is 11.7. The van der Waals surface area contributed by atoms with E-state index in [-0.39, 0.29) is 0 Å². The first kappa shape index (κ1) is 15.1. The number of amides is 1. The van der Waals surface area contributed by atoms with E-state index in [0.717, 1.165) is 5.56 Å². The maximum Gasteiger partial charge on any atom is 0.254 e. The van der Waals surface area contributed by atoms with Crippen LogP contribution in [0.2, 0.25) is 0 Å². The third kappa shape index (κ3) is 3.22. The Morgan fingerprint density at radius 1 is 1.33 bits per heavy atom. The fourth-order valence-corrected chi connectivity index (χ4v) is 2.52. The predicted octanol–water partition coefficient (Wildman–Crippen LogP) is 0.793. The molecule has 1 amide bonds. The van der Waals surface area contributed by atoms with Gasteiger partial charge >= 0.3 is 0 Å². The molecule has 0 saturated carbocycles. The maximum absolute atomic E-state index is 11.7. The Morgan fingerprint density at radius 2 is 2.00 bits per heavy atom. The third-order valence-corrected chi connectivity index (χ3v) is 3.35. The molecule has 0 aliphatic heterocycles. The molecule has 0 saturated heterocycles. The fourth-order valence-electron chi connectivity index (χ4n) is 2.52. The number of aryl methyl sites for hydroxylation is 2. The van der Waals surface area contributed by atoms with Crippen molar-refractivity contribution in [3.05, 3.63) is 47.2 Å². The number of hydrogen-bond acceptors (Lipinski definition) is 4. The minimum Gasteiger partial charge on any atom is -0.365 e. The number of anilines is 1. The number of nitrogens with zero attached hydrogens (tertiary/aromatic N) is 3. The van der Waals surface area contributed by atoms with Gasteiger partial charge < -0.3 is 16.4 Å². The van der Waals surface area contributed by atoms with Gasteiger partial charge in [0.2, 0.25) is 0 Å². The Morgan fingerprint density at radius 3 is 2.57 bits per heavy atom. The van der Waals surface area contributed by atoms with Crippen molar-refractivity contribution >= 4 is 11.7 Å². The second-order valence-corrected chi connectivity index (χ2v) is 4.97. The summed E-state index contributed by atoms with van der Waals surface area (Å²) in [6.07, 6.45) is 0.